The van der Waals surface area contributed by atoms with E-state index in [4.69, 9.17) is 0 Å². The number of benzene rings is 4. The normalized spacial score (nSPS) is 12.3. The van der Waals surface area contributed by atoms with Crippen LogP contribution in [0, 0.1) is 6.08 Å². The van der Waals surface area contributed by atoms with Gasteiger partial charge in [-0.3, -0.25) is 6.08 Å². The van der Waals surface area contributed by atoms with Crippen molar-refractivity contribution < 1.29 is 49.0 Å². The van der Waals surface area contributed by atoms with Crippen LogP contribution in [0.25, 0.3) is 21.5 Å². The van der Waals surface area contributed by atoms with Crippen LogP contribution in [-0.2, 0) is 35.1 Å². The van der Waals surface area contributed by atoms with Crippen molar-refractivity contribution in [2.45, 2.75) is 65.7 Å². The van der Waals surface area contributed by atoms with Crippen LogP contribution in [0.3, 0.4) is 0 Å². The topological polar surface area (TPSA) is 0 Å². The summed E-state index contributed by atoms with van der Waals surface area (Å²) in [6.45, 7) is 15.7. The van der Waals surface area contributed by atoms with Gasteiger partial charge in [-0.05, 0) is 10.8 Å². The molecule has 0 nitrogen and oxygen atoms in total. The van der Waals surface area contributed by atoms with Crippen LogP contribution in [0.2, 0.25) is 0 Å². The molecule has 5 aromatic rings. The SMILES string of the molecule is CC(C)(C)c1ccc2c(c1)[cH-]c1cc(C(C)(C)C)ccc12.CC1=[C-]CC=C1.[Cl-].[Cl-].[Zr+2]=[C](c1ccccc1)c1ccccc1. The van der Waals surface area contributed by atoms with Gasteiger partial charge >= 0.3 is 99.2 Å². The Labute approximate surface area is 286 Å². The Bertz CT molecular complexity index is 1560. The Morgan fingerprint density at radius 1 is 0.651 bits per heavy atom. The first-order valence-electron chi connectivity index (χ1n) is 14.5. The van der Waals surface area contributed by atoms with E-state index in [2.05, 4.69) is 170 Å². The fourth-order valence-corrected chi connectivity index (χ4v) is 5.67. The average molecular weight is 685 g/mol. The molecule has 0 unspecified atom stereocenters. The van der Waals surface area contributed by atoms with Crippen molar-refractivity contribution in [2.75, 3.05) is 0 Å². The summed E-state index contributed by atoms with van der Waals surface area (Å²) in [5.41, 5.74) is 7.15. The molecule has 0 N–H and O–H groups in total. The van der Waals surface area contributed by atoms with E-state index in [9.17, 15) is 0 Å². The van der Waals surface area contributed by atoms with E-state index >= 15 is 0 Å². The van der Waals surface area contributed by atoms with Crippen LogP contribution in [0.15, 0.2) is 121 Å². The van der Waals surface area contributed by atoms with Gasteiger partial charge in [0.25, 0.3) is 0 Å². The van der Waals surface area contributed by atoms with E-state index in [1.54, 1.807) is 0 Å². The van der Waals surface area contributed by atoms with E-state index in [-0.39, 0.29) is 35.6 Å². The molecular weight excluding hydrogens is 643 g/mol. The van der Waals surface area contributed by atoms with Crippen LogP contribution in [0.4, 0.5) is 0 Å². The number of halogens is 2. The van der Waals surface area contributed by atoms with E-state index in [0.29, 0.717) is 0 Å². The van der Waals surface area contributed by atoms with E-state index < -0.39 is 0 Å². The molecule has 1 aliphatic carbocycles. The summed E-state index contributed by atoms with van der Waals surface area (Å²) < 4.78 is 1.42. The average Bonchev–Trinajstić information content (AvgIpc) is 3.59. The van der Waals surface area contributed by atoms with Crippen molar-refractivity contribution in [3.8, 4) is 0 Å². The first-order valence-corrected chi connectivity index (χ1v) is 15.7. The number of hydrogen-bond acceptors (Lipinski definition) is 0. The Balaban J connectivity index is 0.000000253. The molecule has 0 aliphatic heterocycles. The van der Waals surface area contributed by atoms with Gasteiger partial charge in [-0.1, -0.05) is 83.9 Å². The summed E-state index contributed by atoms with van der Waals surface area (Å²) in [5.74, 6) is 0. The third kappa shape index (κ3) is 10.0. The number of rotatable bonds is 2. The number of hydrogen-bond donors (Lipinski definition) is 0. The fourth-order valence-electron chi connectivity index (χ4n) is 4.85. The van der Waals surface area contributed by atoms with Gasteiger partial charge in [0.05, 0.1) is 0 Å². The molecule has 0 aromatic heterocycles. The van der Waals surface area contributed by atoms with Crippen LogP contribution in [0.5, 0.6) is 0 Å². The van der Waals surface area contributed by atoms with Gasteiger partial charge in [-0.25, -0.2) is 11.6 Å². The Hall–Kier alpha value is -2.44. The first kappa shape index (κ1) is 36.8. The van der Waals surface area contributed by atoms with Crippen LogP contribution in [-0.4, -0.2) is 3.21 Å². The minimum absolute atomic E-state index is 0. The maximum absolute atomic E-state index is 3.12. The molecule has 0 bridgehead atoms. The molecule has 0 heterocycles. The molecule has 3 heteroatoms. The molecule has 43 heavy (non-hydrogen) atoms. The Morgan fingerprint density at radius 3 is 1.37 bits per heavy atom. The predicted octanol–water partition coefficient (Wildman–Crippen LogP) is 4.81. The zero-order chi connectivity index (χ0) is 29.6. The van der Waals surface area contributed by atoms with Gasteiger partial charge in [-0.2, -0.15) is 6.08 Å². The second-order valence-electron chi connectivity index (χ2n) is 12.8. The predicted molar refractivity (Wildman–Crippen MR) is 177 cm³/mol. The first-order chi connectivity index (χ1) is 19.4. The van der Waals surface area contributed by atoms with Crippen molar-refractivity contribution in [2.24, 2.45) is 0 Å². The summed E-state index contributed by atoms with van der Waals surface area (Å²) in [5, 5.41) is 5.48. The second kappa shape index (κ2) is 16.0. The summed E-state index contributed by atoms with van der Waals surface area (Å²) in [6, 6.07) is 37.3. The van der Waals surface area contributed by atoms with Gasteiger partial charge in [0.2, 0.25) is 0 Å². The summed E-state index contributed by atoms with van der Waals surface area (Å²) in [4.78, 5) is 0. The van der Waals surface area contributed by atoms with Gasteiger partial charge in [0.15, 0.2) is 0 Å². The van der Waals surface area contributed by atoms with E-state index in [0.717, 1.165) is 6.42 Å². The van der Waals surface area contributed by atoms with Gasteiger partial charge < -0.3 is 24.8 Å². The Kier molecular flexibility index (Phi) is 13.7. The van der Waals surface area contributed by atoms with Gasteiger partial charge in [-0.15, -0.1) is 46.2 Å². The third-order valence-corrected chi connectivity index (χ3v) is 8.85. The molecule has 6 rings (SSSR count). The standard InChI is InChI=1S/C21H25.C13H10.C6H7.2ClH.Zr/c1-20(2,3)16-7-9-18-14(12-16)11-15-13-17(21(4,5)6)8-10-19(15)18;1-3-7-12(8-4-1)11-13-9-5-2-6-10-13;1-6-4-2-3-5-6;;;/h7-13H,1-6H3;1-10H;2,4H,3H2,1H3;2*1H;/q-1;;-1;;;+2/p-2. The minimum atomic E-state index is 0. The van der Waals surface area contributed by atoms with Crippen molar-refractivity contribution in [3.05, 3.63) is 149 Å². The molecule has 0 radical (unpaired) electrons. The summed E-state index contributed by atoms with van der Waals surface area (Å²) in [7, 11) is 0. The third-order valence-electron chi connectivity index (χ3n) is 7.43. The number of allylic oxidation sites excluding steroid dienone is 4. The molecular formula is C40H42Cl2Zr-2. The summed E-state index contributed by atoms with van der Waals surface area (Å²) in [6.07, 6.45) is 8.33. The van der Waals surface area contributed by atoms with Crippen molar-refractivity contribution in [3.63, 3.8) is 0 Å². The maximum atomic E-state index is 3.12. The second-order valence-corrected chi connectivity index (χ2v) is 14.1. The van der Waals surface area contributed by atoms with Crippen molar-refractivity contribution >= 4 is 24.8 Å². The molecule has 0 saturated heterocycles. The summed E-state index contributed by atoms with van der Waals surface area (Å²) >= 11 is 1.46. The molecule has 0 amide bonds. The van der Waals surface area contributed by atoms with E-state index in [1.165, 1.54) is 76.8 Å². The monoisotopic (exact) mass is 682 g/mol. The van der Waals surface area contributed by atoms with E-state index in [1.807, 2.05) is 0 Å². The molecule has 0 saturated carbocycles. The zero-order valence-electron chi connectivity index (χ0n) is 26.4. The zero-order valence-corrected chi connectivity index (χ0v) is 30.4. The van der Waals surface area contributed by atoms with Crippen molar-refractivity contribution in [1.29, 1.82) is 0 Å². The van der Waals surface area contributed by atoms with Crippen LogP contribution < -0.4 is 24.8 Å². The molecule has 0 atom stereocenters. The molecule has 222 valence electrons. The molecule has 0 fully saturated rings. The van der Waals surface area contributed by atoms with Gasteiger partial charge in [0.1, 0.15) is 0 Å². The number of fused-ring (bicyclic) bond motifs is 3. The Morgan fingerprint density at radius 2 is 1.07 bits per heavy atom. The van der Waals surface area contributed by atoms with Crippen molar-refractivity contribution in [1.82, 2.24) is 0 Å². The quantitative estimate of drug-likeness (QED) is 0.235. The van der Waals surface area contributed by atoms with Gasteiger partial charge in [0, 0.05) is 0 Å². The van der Waals surface area contributed by atoms with Crippen LogP contribution in [0.1, 0.15) is 77.1 Å². The molecule has 5 aromatic carbocycles. The fraction of sp³-hybridized carbons (Fsp3) is 0.250. The molecule has 1 aliphatic rings. The van der Waals surface area contributed by atoms with Crippen LogP contribution >= 0.6 is 0 Å². The molecule has 0 spiro atoms.